The maximum absolute atomic E-state index is 5.41. The highest BCUT2D eigenvalue weighted by atomic mass is 16.5. The maximum atomic E-state index is 5.41. The van der Waals surface area contributed by atoms with E-state index < -0.39 is 0 Å². The molecular weight excluding hydrogens is 242 g/mol. The van der Waals surface area contributed by atoms with Crippen molar-refractivity contribution >= 4 is 0 Å². The molecule has 2 aromatic rings. The van der Waals surface area contributed by atoms with Crippen molar-refractivity contribution < 1.29 is 4.74 Å². The van der Waals surface area contributed by atoms with Crippen LogP contribution in [0, 0.1) is 0 Å². The average Bonchev–Trinajstić information content (AvgIpc) is 2.88. The number of aromatic nitrogens is 4. The predicted octanol–water partition coefficient (Wildman–Crippen LogP) is 1.40. The number of aryl methyl sites for hydroxylation is 1. The van der Waals surface area contributed by atoms with E-state index in [0.29, 0.717) is 0 Å². The quantitative estimate of drug-likeness (QED) is 0.851. The van der Waals surface area contributed by atoms with Gasteiger partial charge in [-0.15, -0.1) is 0 Å². The van der Waals surface area contributed by atoms with E-state index in [4.69, 9.17) is 4.74 Å². The molecule has 2 aromatic heterocycles. The standard InChI is InChI=1S/C13H19N5O/c1-4-16-12(10-6-14-9-15-7-10)13-11(19-3)8-17-18(13)5-2/h6-9,12,16H,4-5H2,1-3H3. The molecule has 0 saturated carbocycles. The van der Waals surface area contributed by atoms with Gasteiger partial charge in [-0.25, -0.2) is 9.97 Å². The first-order chi connectivity index (χ1) is 9.31. The van der Waals surface area contributed by atoms with Gasteiger partial charge >= 0.3 is 0 Å². The molecule has 0 fully saturated rings. The van der Waals surface area contributed by atoms with E-state index in [1.54, 1.807) is 13.3 Å². The Bertz CT molecular complexity index is 490. The number of ether oxygens (including phenoxy) is 1. The first-order valence-electron chi connectivity index (χ1n) is 6.39. The van der Waals surface area contributed by atoms with Gasteiger partial charge < -0.3 is 10.1 Å². The van der Waals surface area contributed by atoms with Crippen molar-refractivity contribution in [1.29, 1.82) is 0 Å². The van der Waals surface area contributed by atoms with E-state index in [2.05, 4.69) is 34.2 Å². The van der Waals surface area contributed by atoms with Gasteiger partial charge in [-0.3, -0.25) is 4.68 Å². The fraction of sp³-hybridized carbons (Fsp3) is 0.462. The van der Waals surface area contributed by atoms with E-state index in [-0.39, 0.29) is 6.04 Å². The van der Waals surface area contributed by atoms with Gasteiger partial charge in [0.05, 0.1) is 19.3 Å². The van der Waals surface area contributed by atoms with E-state index in [9.17, 15) is 0 Å². The second kappa shape index (κ2) is 6.29. The predicted molar refractivity (Wildman–Crippen MR) is 72.0 cm³/mol. The molecule has 1 unspecified atom stereocenters. The van der Waals surface area contributed by atoms with Gasteiger partial charge in [0.1, 0.15) is 12.0 Å². The minimum Gasteiger partial charge on any atom is -0.493 e. The monoisotopic (exact) mass is 261 g/mol. The summed E-state index contributed by atoms with van der Waals surface area (Å²) in [6.07, 6.45) is 6.90. The van der Waals surface area contributed by atoms with E-state index in [1.165, 1.54) is 6.33 Å². The van der Waals surface area contributed by atoms with Gasteiger partial charge in [0, 0.05) is 24.5 Å². The molecule has 0 amide bonds. The molecule has 2 heterocycles. The summed E-state index contributed by atoms with van der Waals surface area (Å²) in [6, 6.07) is -0.0244. The molecular formula is C13H19N5O. The van der Waals surface area contributed by atoms with Gasteiger partial charge in [0.15, 0.2) is 5.75 Å². The summed E-state index contributed by atoms with van der Waals surface area (Å²) in [5, 5.41) is 7.77. The van der Waals surface area contributed by atoms with Crippen LogP contribution in [0.5, 0.6) is 5.75 Å². The molecule has 0 aliphatic carbocycles. The van der Waals surface area contributed by atoms with Crippen LogP contribution in [0.1, 0.15) is 31.1 Å². The van der Waals surface area contributed by atoms with Gasteiger partial charge in [-0.1, -0.05) is 6.92 Å². The Balaban J connectivity index is 2.47. The smallest absolute Gasteiger partial charge is 0.161 e. The molecule has 0 bridgehead atoms. The largest absolute Gasteiger partial charge is 0.493 e. The van der Waals surface area contributed by atoms with Crippen LogP contribution in [0.15, 0.2) is 24.9 Å². The Morgan fingerprint density at radius 3 is 2.58 bits per heavy atom. The van der Waals surface area contributed by atoms with Crippen LogP contribution in [-0.4, -0.2) is 33.4 Å². The molecule has 0 spiro atoms. The zero-order chi connectivity index (χ0) is 13.7. The molecule has 0 saturated heterocycles. The van der Waals surface area contributed by atoms with E-state index in [0.717, 1.165) is 30.1 Å². The van der Waals surface area contributed by atoms with Crippen molar-refractivity contribution in [2.24, 2.45) is 0 Å². The van der Waals surface area contributed by atoms with Gasteiger partial charge in [0.2, 0.25) is 0 Å². The highest BCUT2D eigenvalue weighted by Gasteiger charge is 2.22. The lowest BCUT2D eigenvalue weighted by molar-refractivity contribution is 0.399. The third kappa shape index (κ3) is 2.73. The van der Waals surface area contributed by atoms with Crippen molar-refractivity contribution in [3.05, 3.63) is 36.2 Å². The Hall–Kier alpha value is -1.95. The van der Waals surface area contributed by atoms with Crippen LogP contribution in [-0.2, 0) is 6.54 Å². The zero-order valence-electron chi connectivity index (χ0n) is 11.5. The molecule has 0 aromatic carbocycles. The maximum Gasteiger partial charge on any atom is 0.161 e. The number of nitrogens with one attached hydrogen (secondary N) is 1. The second-order valence-corrected chi connectivity index (χ2v) is 4.08. The molecule has 2 rings (SSSR count). The van der Waals surface area contributed by atoms with Crippen molar-refractivity contribution in [3.8, 4) is 5.75 Å². The van der Waals surface area contributed by atoms with Crippen LogP contribution >= 0.6 is 0 Å². The molecule has 6 nitrogen and oxygen atoms in total. The summed E-state index contributed by atoms with van der Waals surface area (Å²) in [5.74, 6) is 0.775. The molecule has 102 valence electrons. The molecule has 0 aliphatic rings. The molecule has 0 radical (unpaired) electrons. The van der Waals surface area contributed by atoms with Crippen molar-refractivity contribution in [2.45, 2.75) is 26.4 Å². The van der Waals surface area contributed by atoms with Crippen LogP contribution in [0.25, 0.3) is 0 Å². The summed E-state index contributed by atoms with van der Waals surface area (Å²) in [6.45, 7) is 5.74. The highest BCUT2D eigenvalue weighted by Crippen LogP contribution is 2.29. The lowest BCUT2D eigenvalue weighted by Crippen LogP contribution is -2.25. The summed E-state index contributed by atoms with van der Waals surface area (Å²) in [5.41, 5.74) is 2.00. The average molecular weight is 261 g/mol. The Morgan fingerprint density at radius 1 is 1.26 bits per heavy atom. The second-order valence-electron chi connectivity index (χ2n) is 4.08. The third-order valence-corrected chi connectivity index (χ3v) is 2.96. The third-order valence-electron chi connectivity index (χ3n) is 2.96. The summed E-state index contributed by atoms with van der Waals surface area (Å²) in [7, 11) is 1.66. The summed E-state index contributed by atoms with van der Waals surface area (Å²) >= 11 is 0. The lowest BCUT2D eigenvalue weighted by Gasteiger charge is -2.20. The minimum atomic E-state index is -0.0244. The van der Waals surface area contributed by atoms with Crippen LogP contribution in [0.4, 0.5) is 0 Å². The topological polar surface area (TPSA) is 64.9 Å². The molecule has 19 heavy (non-hydrogen) atoms. The SMILES string of the molecule is CCNC(c1cncnc1)c1c(OC)cnn1CC. The van der Waals surface area contributed by atoms with Crippen molar-refractivity contribution in [2.75, 3.05) is 13.7 Å². The Morgan fingerprint density at radius 2 is 2.00 bits per heavy atom. The van der Waals surface area contributed by atoms with Crippen LogP contribution < -0.4 is 10.1 Å². The summed E-state index contributed by atoms with van der Waals surface area (Å²) in [4.78, 5) is 8.17. The van der Waals surface area contributed by atoms with Crippen molar-refractivity contribution in [1.82, 2.24) is 25.1 Å². The first kappa shape index (κ1) is 13.5. The zero-order valence-corrected chi connectivity index (χ0v) is 11.5. The first-order valence-corrected chi connectivity index (χ1v) is 6.39. The van der Waals surface area contributed by atoms with Gasteiger partial charge in [0.25, 0.3) is 0 Å². The number of nitrogens with zero attached hydrogens (tertiary/aromatic N) is 4. The molecule has 1 N–H and O–H groups in total. The minimum absolute atomic E-state index is 0.0244. The number of hydrogen-bond acceptors (Lipinski definition) is 5. The fourth-order valence-electron chi connectivity index (χ4n) is 2.11. The summed E-state index contributed by atoms with van der Waals surface area (Å²) < 4.78 is 7.34. The van der Waals surface area contributed by atoms with E-state index >= 15 is 0 Å². The van der Waals surface area contributed by atoms with Crippen LogP contribution in [0.2, 0.25) is 0 Å². The van der Waals surface area contributed by atoms with Gasteiger partial charge in [-0.2, -0.15) is 5.10 Å². The number of rotatable bonds is 6. The normalized spacial score (nSPS) is 12.4. The fourth-order valence-corrected chi connectivity index (χ4v) is 2.11. The Kier molecular flexibility index (Phi) is 4.46. The molecule has 0 aliphatic heterocycles. The lowest BCUT2D eigenvalue weighted by atomic mass is 10.1. The number of hydrogen-bond donors (Lipinski definition) is 1. The number of methoxy groups -OCH3 is 1. The molecule has 6 heteroatoms. The highest BCUT2D eigenvalue weighted by molar-refractivity contribution is 5.34. The molecule has 1 atom stereocenters. The van der Waals surface area contributed by atoms with Gasteiger partial charge in [-0.05, 0) is 13.5 Å². The van der Waals surface area contributed by atoms with Crippen LogP contribution in [0.3, 0.4) is 0 Å². The van der Waals surface area contributed by atoms with Crippen molar-refractivity contribution in [3.63, 3.8) is 0 Å². The Labute approximate surface area is 112 Å². The van der Waals surface area contributed by atoms with E-state index in [1.807, 2.05) is 17.1 Å².